The van der Waals surface area contributed by atoms with Crippen molar-refractivity contribution in [3.05, 3.63) is 88.9 Å². The number of pyridine rings is 2. The summed E-state index contributed by atoms with van der Waals surface area (Å²) in [5, 5.41) is 0. The van der Waals surface area contributed by atoms with Crippen LogP contribution in [0.3, 0.4) is 0 Å². The highest BCUT2D eigenvalue weighted by atomic mass is 16.5. The van der Waals surface area contributed by atoms with E-state index in [-0.39, 0.29) is 17.9 Å². The molecule has 1 saturated carbocycles. The lowest BCUT2D eigenvalue weighted by Gasteiger charge is -2.32. The Morgan fingerprint density at radius 2 is 1.82 bits per heavy atom. The molecule has 0 N–H and O–H groups in total. The fourth-order valence-corrected chi connectivity index (χ4v) is 5.36. The Kier molecular flexibility index (Phi) is 12.0. The molecule has 2 aromatic heterocycles. The van der Waals surface area contributed by atoms with Gasteiger partial charge in [0.15, 0.2) is 0 Å². The number of carbonyl (C=O) groups is 2. The fourth-order valence-electron chi connectivity index (χ4n) is 5.36. The summed E-state index contributed by atoms with van der Waals surface area (Å²) in [6, 6.07) is 15.7. The van der Waals surface area contributed by atoms with Crippen molar-refractivity contribution in [1.82, 2.24) is 14.9 Å². The van der Waals surface area contributed by atoms with Gasteiger partial charge in [-0.1, -0.05) is 18.2 Å². The minimum absolute atomic E-state index is 0.0400. The Morgan fingerprint density at radius 1 is 1.02 bits per heavy atom. The Hall–Kier alpha value is -4.08. The summed E-state index contributed by atoms with van der Waals surface area (Å²) in [7, 11) is 7.07. The zero-order valence-electron chi connectivity index (χ0n) is 26.5. The number of benzene rings is 1. The van der Waals surface area contributed by atoms with Gasteiger partial charge >= 0.3 is 5.97 Å². The van der Waals surface area contributed by atoms with Gasteiger partial charge in [-0.25, -0.2) is 9.78 Å². The molecule has 1 aliphatic rings. The van der Waals surface area contributed by atoms with E-state index in [2.05, 4.69) is 22.0 Å². The number of ether oxygens (including phenoxy) is 3. The second-order valence-electron chi connectivity index (χ2n) is 11.5. The molecule has 0 aliphatic heterocycles. The number of hydrogen-bond acceptors (Lipinski definition) is 8. The maximum absolute atomic E-state index is 14.1. The van der Waals surface area contributed by atoms with E-state index in [0.29, 0.717) is 25.4 Å². The van der Waals surface area contributed by atoms with E-state index >= 15 is 0 Å². The molecule has 9 heteroatoms. The first-order valence-electron chi connectivity index (χ1n) is 15.1. The van der Waals surface area contributed by atoms with Crippen molar-refractivity contribution in [1.29, 1.82) is 0 Å². The van der Waals surface area contributed by atoms with E-state index in [9.17, 15) is 9.59 Å². The van der Waals surface area contributed by atoms with E-state index in [1.165, 1.54) is 13.2 Å². The second kappa shape index (κ2) is 16.1. The average Bonchev–Trinajstić information content (AvgIpc) is 3.03. The van der Waals surface area contributed by atoms with Gasteiger partial charge in [0.1, 0.15) is 11.6 Å². The predicted octanol–water partition coefficient (Wildman–Crippen LogP) is 5.24. The predicted molar refractivity (Wildman–Crippen MR) is 172 cm³/mol. The standard InChI is InChI=1S/C35H44N4O5/c1-25-29(10-13-30(37-25)21-27-7-6-8-32(22-27)42-4)24-39(33-23-26(17-18-36-33)9-16-34(40)43-5)35(41)28-11-14-31(15-12-28)44-20-19-38(2)3/h6-10,13,16-18,22-23,28,31H,11-12,14-15,19-21,24H2,1-5H3/b16-9+. The molecule has 0 spiro atoms. The maximum atomic E-state index is 14.1. The number of nitrogens with zero attached hydrogens (tertiary/aromatic N) is 4. The Bertz CT molecular complexity index is 1430. The molecular weight excluding hydrogens is 556 g/mol. The normalized spacial score (nSPS) is 16.7. The Balaban J connectivity index is 1.54. The summed E-state index contributed by atoms with van der Waals surface area (Å²) in [6.45, 7) is 3.89. The van der Waals surface area contributed by atoms with Gasteiger partial charge in [-0.2, -0.15) is 0 Å². The van der Waals surface area contributed by atoms with E-state index < -0.39 is 5.97 Å². The summed E-state index contributed by atoms with van der Waals surface area (Å²) in [4.78, 5) is 39.2. The minimum atomic E-state index is -0.448. The lowest BCUT2D eigenvalue weighted by molar-refractivity contribution is -0.134. The second-order valence-corrected chi connectivity index (χ2v) is 11.5. The topological polar surface area (TPSA) is 94.1 Å². The SMILES string of the molecule is COC(=O)/C=C/c1ccnc(N(Cc2ccc(Cc3cccc(OC)c3)nc2C)C(=O)C2CCC(OCCN(C)C)CC2)c1. The number of esters is 1. The molecule has 1 aromatic carbocycles. The van der Waals surface area contributed by atoms with Gasteiger partial charge < -0.3 is 19.1 Å². The molecule has 0 saturated heterocycles. The van der Waals surface area contributed by atoms with Crippen molar-refractivity contribution in [2.45, 2.75) is 51.7 Å². The highest BCUT2D eigenvalue weighted by molar-refractivity contribution is 5.94. The van der Waals surface area contributed by atoms with Crippen LogP contribution in [0.15, 0.2) is 60.8 Å². The van der Waals surface area contributed by atoms with E-state index in [0.717, 1.165) is 66.1 Å². The molecule has 3 aromatic rings. The van der Waals surface area contributed by atoms with Gasteiger partial charge in [0, 0.05) is 42.5 Å². The third-order valence-corrected chi connectivity index (χ3v) is 7.94. The molecule has 0 bridgehead atoms. The van der Waals surface area contributed by atoms with E-state index in [1.807, 2.05) is 51.4 Å². The molecule has 1 fully saturated rings. The number of rotatable bonds is 13. The molecule has 1 aliphatic carbocycles. The number of anilines is 1. The zero-order chi connectivity index (χ0) is 31.5. The largest absolute Gasteiger partial charge is 0.497 e. The number of aryl methyl sites for hydroxylation is 1. The number of aromatic nitrogens is 2. The number of likely N-dealkylation sites (N-methyl/N-ethyl adjacent to an activating group) is 1. The molecule has 1 amide bonds. The van der Waals surface area contributed by atoms with Crippen LogP contribution in [0.4, 0.5) is 5.82 Å². The van der Waals surface area contributed by atoms with Gasteiger partial charge in [0.25, 0.3) is 0 Å². The summed E-state index contributed by atoms with van der Waals surface area (Å²) in [5.41, 5.74) is 4.62. The summed E-state index contributed by atoms with van der Waals surface area (Å²) < 4.78 is 16.2. The number of hydrogen-bond donors (Lipinski definition) is 0. The fraction of sp³-hybridized carbons (Fsp3) is 0.429. The van der Waals surface area contributed by atoms with Crippen LogP contribution in [0.2, 0.25) is 0 Å². The number of methoxy groups -OCH3 is 2. The lowest BCUT2D eigenvalue weighted by Crippen LogP contribution is -2.39. The van der Waals surface area contributed by atoms with Crippen molar-refractivity contribution in [2.24, 2.45) is 5.92 Å². The molecule has 2 heterocycles. The first kappa shape index (κ1) is 32.8. The van der Waals surface area contributed by atoms with Gasteiger partial charge in [0.05, 0.1) is 33.5 Å². The summed E-state index contributed by atoms with van der Waals surface area (Å²) in [5.74, 6) is 0.816. The van der Waals surface area contributed by atoms with Crippen molar-refractivity contribution in [2.75, 3.05) is 46.4 Å². The third kappa shape index (κ3) is 9.46. The first-order chi connectivity index (χ1) is 21.2. The number of carbonyl (C=O) groups excluding carboxylic acids is 2. The van der Waals surface area contributed by atoms with Crippen molar-refractivity contribution < 1.29 is 23.8 Å². The van der Waals surface area contributed by atoms with Gasteiger partial charge in [-0.05, 0) is 99.8 Å². The van der Waals surface area contributed by atoms with Gasteiger partial charge in [-0.15, -0.1) is 0 Å². The summed E-state index contributed by atoms with van der Waals surface area (Å²) in [6.07, 6.45) is 8.77. The van der Waals surface area contributed by atoms with Crippen LogP contribution in [0.5, 0.6) is 5.75 Å². The Labute approximate surface area is 260 Å². The highest BCUT2D eigenvalue weighted by Gasteiger charge is 2.31. The molecule has 9 nitrogen and oxygen atoms in total. The van der Waals surface area contributed by atoms with Gasteiger partial charge in [0.2, 0.25) is 5.91 Å². The molecule has 0 atom stereocenters. The smallest absolute Gasteiger partial charge is 0.330 e. The van der Waals surface area contributed by atoms with Crippen molar-refractivity contribution >= 4 is 23.8 Å². The molecule has 0 unspecified atom stereocenters. The molecular formula is C35H44N4O5. The highest BCUT2D eigenvalue weighted by Crippen LogP contribution is 2.30. The van der Waals surface area contributed by atoms with Crippen LogP contribution in [-0.4, -0.2) is 74.3 Å². The zero-order valence-corrected chi connectivity index (χ0v) is 26.5. The lowest BCUT2D eigenvalue weighted by atomic mass is 9.86. The first-order valence-corrected chi connectivity index (χ1v) is 15.1. The van der Waals surface area contributed by atoms with Crippen molar-refractivity contribution in [3.8, 4) is 5.75 Å². The van der Waals surface area contributed by atoms with Crippen LogP contribution in [0.1, 0.15) is 53.8 Å². The van der Waals surface area contributed by atoms with Crippen LogP contribution in [0.25, 0.3) is 6.08 Å². The van der Waals surface area contributed by atoms with Crippen molar-refractivity contribution in [3.63, 3.8) is 0 Å². The monoisotopic (exact) mass is 600 g/mol. The van der Waals surface area contributed by atoms with Crippen LogP contribution >= 0.6 is 0 Å². The average molecular weight is 601 g/mol. The molecule has 234 valence electrons. The van der Waals surface area contributed by atoms with Crippen LogP contribution in [0, 0.1) is 12.8 Å². The quantitative estimate of drug-likeness (QED) is 0.194. The Morgan fingerprint density at radius 3 is 2.52 bits per heavy atom. The van der Waals surface area contributed by atoms with E-state index in [1.54, 1.807) is 30.3 Å². The number of amides is 1. The van der Waals surface area contributed by atoms with Crippen LogP contribution < -0.4 is 9.64 Å². The molecule has 0 radical (unpaired) electrons. The third-order valence-electron chi connectivity index (χ3n) is 7.94. The summed E-state index contributed by atoms with van der Waals surface area (Å²) >= 11 is 0. The van der Waals surface area contributed by atoms with Crippen LogP contribution in [-0.2, 0) is 32.0 Å². The van der Waals surface area contributed by atoms with Gasteiger partial charge in [-0.3, -0.25) is 14.7 Å². The molecule has 4 rings (SSSR count). The maximum Gasteiger partial charge on any atom is 0.330 e. The van der Waals surface area contributed by atoms with E-state index in [4.69, 9.17) is 19.2 Å². The minimum Gasteiger partial charge on any atom is -0.497 e. The molecule has 44 heavy (non-hydrogen) atoms.